The van der Waals surface area contributed by atoms with E-state index in [1.165, 1.54) is 16.7 Å². The van der Waals surface area contributed by atoms with Gasteiger partial charge in [0, 0.05) is 5.56 Å². The van der Waals surface area contributed by atoms with E-state index in [0.29, 0.717) is 18.3 Å². The van der Waals surface area contributed by atoms with Crippen molar-refractivity contribution < 1.29 is 4.52 Å². The Balaban J connectivity index is 2.34. The topological polar surface area (TPSA) is 51.0 Å². The molecule has 0 spiro atoms. The van der Waals surface area contributed by atoms with E-state index in [2.05, 4.69) is 55.3 Å². The lowest BCUT2D eigenvalue weighted by Crippen LogP contribution is -2.12. The van der Waals surface area contributed by atoms with Crippen LogP contribution in [-0.4, -0.2) is 16.7 Å². The maximum absolute atomic E-state index is 5.35. The summed E-state index contributed by atoms with van der Waals surface area (Å²) in [6.07, 6.45) is 0. The minimum atomic E-state index is 0.609. The summed E-state index contributed by atoms with van der Waals surface area (Å²) in [4.78, 5) is 4.43. The van der Waals surface area contributed by atoms with E-state index < -0.39 is 0 Å². The molecule has 18 heavy (non-hydrogen) atoms. The van der Waals surface area contributed by atoms with Gasteiger partial charge in [-0.05, 0) is 38.4 Å². The molecule has 2 rings (SSSR count). The highest BCUT2D eigenvalue weighted by Gasteiger charge is 2.13. The molecule has 0 atom stereocenters. The average molecular weight is 245 g/mol. The standard InChI is InChI=1S/C14H19N3O/c1-5-15-8-12-16-14(18-17-12)13-10(3)6-9(2)7-11(13)4/h6-7,15H,5,8H2,1-4H3. The van der Waals surface area contributed by atoms with Crippen molar-refractivity contribution in [2.45, 2.75) is 34.2 Å². The number of aromatic nitrogens is 2. The van der Waals surface area contributed by atoms with Crippen molar-refractivity contribution in [3.63, 3.8) is 0 Å². The number of nitrogens with one attached hydrogen (secondary N) is 1. The summed E-state index contributed by atoms with van der Waals surface area (Å²) < 4.78 is 5.35. The second kappa shape index (κ2) is 5.31. The average Bonchev–Trinajstić information content (AvgIpc) is 2.73. The van der Waals surface area contributed by atoms with Gasteiger partial charge >= 0.3 is 0 Å². The predicted octanol–water partition coefficient (Wildman–Crippen LogP) is 2.77. The van der Waals surface area contributed by atoms with Crippen LogP contribution in [-0.2, 0) is 6.54 Å². The molecular weight excluding hydrogens is 226 g/mol. The van der Waals surface area contributed by atoms with Crippen LogP contribution in [0.3, 0.4) is 0 Å². The molecule has 0 saturated carbocycles. The summed E-state index contributed by atoms with van der Waals surface area (Å²) in [5, 5.41) is 7.17. The normalized spacial score (nSPS) is 10.9. The maximum atomic E-state index is 5.35. The quantitative estimate of drug-likeness (QED) is 0.900. The number of nitrogens with zero attached hydrogens (tertiary/aromatic N) is 2. The van der Waals surface area contributed by atoms with Crippen molar-refractivity contribution >= 4 is 0 Å². The highest BCUT2D eigenvalue weighted by molar-refractivity contribution is 5.63. The molecule has 1 aromatic carbocycles. The summed E-state index contributed by atoms with van der Waals surface area (Å²) in [7, 11) is 0. The molecule has 0 aliphatic rings. The molecule has 0 aliphatic heterocycles. The number of aryl methyl sites for hydroxylation is 3. The van der Waals surface area contributed by atoms with Gasteiger partial charge in [-0.3, -0.25) is 0 Å². The van der Waals surface area contributed by atoms with E-state index in [0.717, 1.165) is 12.1 Å². The highest BCUT2D eigenvalue weighted by atomic mass is 16.5. The van der Waals surface area contributed by atoms with Gasteiger partial charge in [0.05, 0.1) is 6.54 Å². The Morgan fingerprint density at radius 3 is 2.44 bits per heavy atom. The molecule has 0 fully saturated rings. The monoisotopic (exact) mass is 245 g/mol. The predicted molar refractivity (Wildman–Crippen MR) is 71.3 cm³/mol. The SMILES string of the molecule is CCNCc1noc(-c2c(C)cc(C)cc2C)n1. The summed E-state index contributed by atoms with van der Waals surface area (Å²) in [6.45, 7) is 9.83. The Morgan fingerprint density at radius 1 is 1.17 bits per heavy atom. The molecule has 0 aliphatic carbocycles. The Bertz CT molecular complexity index is 523. The van der Waals surface area contributed by atoms with Crippen molar-refractivity contribution in [3.8, 4) is 11.5 Å². The minimum Gasteiger partial charge on any atom is -0.334 e. The van der Waals surface area contributed by atoms with Crippen LogP contribution in [0, 0.1) is 20.8 Å². The number of hydrogen-bond acceptors (Lipinski definition) is 4. The summed E-state index contributed by atoms with van der Waals surface area (Å²) >= 11 is 0. The smallest absolute Gasteiger partial charge is 0.258 e. The molecule has 0 saturated heterocycles. The first-order chi connectivity index (χ1) is 8.61. The Morgan fingerprint density at radius 2 is 1.83 bits per heavy atom. The van der Waals surface area contributed by atoms with Crippen LogP contribution in [0.15, 0.2) is 16.7 Å². The van der Waals surface area contributed by atoms with Crippen LogP contribution < -0.4 is 5.32 Å². The first kappa shape index (κ1) is 12.8. The zero-order chi connectivity index (χ0) is 13.1. The molecule has 0 bridgehead atoms. The Labute approximate surface area is 107 Å². The molecule has 1 heterocycles. The maximum Gasteiger partial charge on any atom is 0.258 e. The lowest BCUT2D eigenvalue weighted by Gasteiger charge is -2.06. The minimum absolute atomic E-state index is 0.609. The number of hydrogen-bond donors (Lipinski definition) is 1. The second-order valence-corrected chi connectivity index (χ2v) is 4.57. The summed E-state index contributed by atoms with van der Waals surface area (Å²) in [6, 6.07) is 4.27. The van der Waals surface area contributed by atoms with Gasteiger partial charge < -0.3 is 9.84 Å². The zero-order valence-corrected chi connectivity index (χ0v) is 11.4. The van der Waals surface area contributed by atoms with E-state index in [4.69, 9.17) is 4.52 Å². The van der Waals surface area contributed by atoms with Gasteiger partial charge in [-0.25, -0.2) is 0 Å². The van der Waals surface area contributed by atoms with E-state index in [-0.39, 0.29) is 0 Å². The molecule has 4 heteroatoms. The third kappa shape index (κ3) is 2.59. The van der Waals surface area contributed by atoms with Crippen LogP contribution in [0.4, 0.5) is 0 Å². The zero-order valence-electron chi connectivity index (χ0n) is 11.4. The molecule has 0 amide bonds. The van der Waals surface area contributed by atoms with Crippen LogP contribution >= 0.6 is 0 Å². The van der Waals surface area contributed by atoms with E-state index in [9.17, 15) is 0 Å². The molecular formula is C14H19N3O. The Hall–Kier alpha value is -1.68. The van der Waals surface area contributed by atoms with Crippen molar-refractivity contribution in [2.24, 2.45) is 0 Å². The number of benzene rings is 1. The van der Waals surface area contributed by atoms with Crippen molar-refractivity contribution in [3.05, 3.63) is 34.6 Å². The third-order valence-corrected chi connectivity index (χ3v) is 2.89. The summed E-state index contributed by atoms with van der Waals surface area (Å²) in [5.74, 6) is 1.31. The fraction of sp³-hybridized carbons (Fsp3) is 0.429. The first-order valence-corrected chi connectivity index (χ1v) is 6.23. The van der Waals surface area contributed by atoms with Crippen molar-refractivity contribution in [2.75, 3.05) is 6.54 Å². The van der Waals surface area contributed by atoms with E-state index in [1.807, 2.05) is 0 Å². The lowest BCUT2D eigenvalue weighted by molar-refractivity contribution is 0.419. The van der Waals surface area contributed by atoms with Crippen LogP contribution in [0.2, 0.25) is 0 Å². The van der Waals surface area contributed by atoms with Gasteiger partial charge in [-0.15, -0.1) is 0 Å². The van der Waals surface area contributed by atoms with Gasteiger partial charge in [0.2, 0.25) is 0 Å². The molecule has 1 aromatic heterocycles. The largest absolute Gasteiger partial charge is 0.334 e. The lowest BCUT2D eigenvalue weighted by atomic mass is 10.00. The number of rotatable bonds is 4. The molecule has 0 radical (unpaired) electrons. The molecule has 96 valence electrons. The first-order valence-electron chi connectivity index (χ1n) is 6.23. The molecule has 4 nitrogen and oxygen atoms in total. The van der Waals surface area contributed by atoms with Gasteiger partial charge in [0.1, 0.15) is 0 Å². The molecule has 0 unspecified atom stereocenters. The van der Waals surface area contributed by atoms with E-state index in [1.54, 1.807) is 0 Å². The van der Waals surface area contributed by atoms with Gasteiger partial charge in [-0.2, -0.15) is 4.98 Å². The van der Waals surface area contributed by atoms with Gasteiger partial charge in [0.25, 0.3) is 5.89 Å². The van der Waals surface area contributed by atoms with Gasteiger partial charge in [0.15, 0.2) is 5.82 Å². The fourth-order valence-electron chi connectivity index (χ4n) is 2.18. The molecule has 2 aromatic rings. The van der Waals surface area contributed by atoms with E-state index >= 15 is 0 Å². The van der Waals surface area contributed by atoms with Crippen molar-refractivity contribution in [1.82, 2.24) is 15.5 Å². The van der Waals surface area contributed by atoms with Crippen molar-refractivity contribution in [1.29, 1.82) is 0 Å². The summed E-state index contributed by atoms with van der Waals surface area (Å²) in [5.41, 5.74) is 4.65. The van der Waals surface area contributed by atoms with Gasteiger partial charge in [-0.1, -0.05) is 29.8 Å². The fourth-order valence-corrected chi connectivity index (χ4v) is 2.18. The van der Waals surface area contributed by atoms with Crippen LogP contribution in [0.5, 0.6) is 0 Å². The molecule has 1 N–H and O–H groups in total. The highest BCUT2D eigenvalue weighted by Crippen LogP contribution is 2.26. The second-order valence-electron chi connectivity index (χ2n) is 4.57. The third-order valence-electron chi connectivity index (χ3n) is 2.89. The van der Waals surface area contributed by atoms with Crippen LogP contribution in [0.1, 0.15) is 29.4 Å². The van der Waals surface area contributed by atoms with Crippen LogP contribution in [0.25, 0.3) is 11.5 Å². The Kier molecular flexibility index (Phi) is 3.77.